The predicted molar refractivity (Wildman–Crippen MR) is 205 cm³/mol. The molecule has 1 fully saturated rings. The molecule has 310 valence electrons. The Morgan fingerprint density at radius 2 is 1.42 bits per heavy atom. The number of hydrogen-bond acceptors (Lipinski definition) is 9. The van der Waals surface area contributed by atoms with E-state index in [4.69, 9.17) is 9.47 Å². The van der Waals surface area contributed by atoms with Crippen molar-refractivity contribution in [2.24, 2.45) is 0 Å². The number of benzene rings is 2. The van der Waals surface area contributed by atoms with Gasteiger partial charge in [-0.25, -0.2) is 8.78 Å². The molecular weight excluding hydrogens is 714 g/mol. The number of unbranched alkanes of at least 4 members (excludes halogenated alkanes) is 11. The molecule has 0 aliphatic carbocycles. The zero-order valence-corrected chi connectivity index (χ0v) is 32.7. The summed E-state index contributed by atoms with van der Waals surface area (Å²) in [5.74, 6) is -3.22. The molecule has 13 heteroatoms. The second kappa shape index (κ2) is 24.6. The minimum Gasteiger partial charge on any atom is -0.390 e. The van der Waals surface area contributed by atoms with Crippen molar-refractivity contribution in [3.8, 4) is 0 Å². The van der Waals surface area contributed by atoms with Crippen LogP contribution in [-0.2, 0) is 31.9 Å². The maximum atomic E-state index is 13.8. The van der Waals surface area contributed by atoms with Crippen LogP contribution in [0.5, 0.6) is 0 Å². The number of aliphatic hydroxyl groups excluding tert-OH is 5. The summed E-state index contributed by atoms with van der Waals surface area (Å²) < 4.78 is 38.8. The summed E-state index contributed by atoms with van der Waals surface area (Å²) in [7, 11) is 0. The molecule has 2 amide bonds. The number of carbonyl (C=O) groups excluding carboxylic acids is 2. The van der Waals surface area contributed by atoms with Crippen molar-refractivity contribution in [2.75, 3.05) is 13.2 Å². The van der Waals surface area contributed by atoms with Crippen LogP contribution in [0.25, 0.3) is 0 Å². The average Bonchev–Trinajstić information content (AvgIpc) is 3.15. The molecule has 11 nitrogen and oxygen atoms in total. The molecule has 0 aromatic heterocycles. The normalized spacial score (nSPS) is 21.5. The van der Waals surface area contributed by atoms with Gasteiger partial charge in [0.2, 0.25) is 11.8 Å². The van der Waals surface area contributed by atoms with Crippen LogP contribution >= 0.6 is 0 Å². The molecular formula is C42H64F2N2O9. The second-order valence-electron chi connectivity index (χ2n) is 15.1. The molecule has 1 saturated heterocycles. The van der Waals surface area contributed by atoms with Crippen molar-refractivity contribution in [3.05, 3.63) is 70.3 Å². The van der Waals surface area contributed by atoms with Gasteiger partial charge in [0.1, 0.15) is 30.5 Å². The first-order chi connectivity index (χ1) is 26.3. The number of ether oxygens (including phenoxy) is 2. The molecule has 0 bridgehead atoms. The lowest BCUT2D eigenvalue weighted by Gasteiger charge is -2.41. The van der Waals surface area contributed by atoms with Gasteiger partial charge in [0.05, 0.1) is 31.6 Å². The minimum atomic E-state index is -1.74. The number of amides is 2. The highest BCUT2D eigenvalue weighted by Crippen LogP contribution is 2.23. The number of rotatable bonds is 25. The van der Waals surface area contributed by atoms with Crippen LogP contribution in [-0.4, -0.2) is 99.5 Å². The SMILES string of the molecule is CCCCCCCCCCCCCC[C@@H](O)[C@@H](O)[C@H](CO[C@H]1OC(CNC(=O)Cc2ccc(C)cc2C)[C@H](O)[C@H](O)C1O)NC(=O)Cc1ccc(F)c(F)c1. The van der Waals surface area contributed by atoms with E-state index in [0.717, 1.165) is 54.5 Å². The Kier molecular flexibility index (Phi) is 20.7. The summed E-state index contributed by atoms with van der Waals surface area (Å²) in [6.07, 6.45) is 2.97. The minimum absolute atomic E-state index is 0.0748. The quantitative estimate of drug-likeness (QED) is 0.0710. The molecule has 2 aromatic rings. The van der Waals surface area contributed by atoms with E-state index in [1.165, 1.54) is 51.0 Å². The standard InChI is InChI=1S/C42H64F2N2O9/c1-4-5-6-7-8-9-10-11-12-13-14-15-16-34(47)38(50)33(46-37(49)23-29-18-20-31(43)32(44)22-29)26-54-42-41(53)40(52)39(51)35(55-42)25-45-36(48)24-30-19-17-27(2)21-28(30)3/h17-22,33-35,38-42,47,50-53H,4-16,23-26H2,1-3H3,(H,45,48)(H,46,49)/t33-,34+,35?,38-,39-,40-,41?,42-/m0/s1. The Bertz CT molecular complexity index is 1450. The van der Waals surface area contributed by atoms with Crippen LogP contribution in [0.4, 0.5) is 8.78 Å². The zero-order valence-electron chi connectivity index (χ0n) is 32.7. The largest absolute Gasteiger partial charge is 0.390 e. The van der Waals surface area contributed by atoms with Crippen molar-refractivity contribution in [3.63, 3.8) is 0 Å². The van der Waals surface area contributed by atoms with Crippen LogP contribution in [0.2, 0.25) is 0 Å². The van der Waals surface area contributed by atoms with Crippen LogP contribution < -0.4 is 10.6 Å². The molecule has 55 heavy (non-hydrogen) atoms. The van der Waals surface area contributed by atoms with Gasteiger partial charge in [-0.05, 0) is 49.1 Å². The third-order valence-electron chi connectivity index (χ3n) is 10.3. The van der Waals surface area contributed by atoms with Gasteiger partial charge in [-0.15, -0.1) is 0 Å². The summed E-state index contributed by atoms with van der Waals surface area (Å²) >= 11 is 0. The fourth-order valence-corrected chi connectivity index (χ4v) is 6.87. The number of carbonyl (C=O) groups is 2. The van der Waals surface area contributed by atoms with Crippen LogP contribution in [0, 0.1) is 25.5 Å². The van der Waals surface area contributed by atoms with Crippen molar-refractivity contribution >= 4 is 11.8 Å². The van der Waals surface area contributed by atoms with Crippen molar-refractivity contribution in [1.29, 1.82) is 0 Å². The maximum Gasteiger partial charge on any atom is 0.224 e. The smallest absolute Gasteiger partial charge is 0.224 e. The van der Waals surface area contributed by atoms with E-state index in [-0.39, 0.29) is 37.3 Å². The third-order valence-corrected chi connectivity index (χ3v) is 10.3. The summed E-state index contributed by atoms with van der Waals surface area (Å²) in [4.78, 5) is 25.8. The van der Waals surface area contributed by atoms with Gasteiger partial charge < -0.3 is 45.6 Å². The number of nitrogens with one attached hydrogen (secondary N) is 2. The van der Waals surface area contributed by atoms with Crippen molar-refractivity contribution in [1.82, 2.24) is 10.6 Å². The second-order valence-corrected chi connectivity index (χ2v) is 15.1. The monoisotopic (exact) mass is 778 g/mol. The molecule has 1 aliphatic rings. The Morgan fingerprint density at radius 3 is 2.04 bits per heavy atom. The van der Waals surface area contributed by atoms with E-state index in [2.05, 4.69) is 17.6 Å². The van der Waals surface area contributed by atoms with Crippen LogP contribution in [0.3, 0.4) is 0 Å². The van der Waals surface area contributed by atoms with Gasteiger partial charge in [0.15, 0.2) is 17.9 Å². The molecule has 7 N–H and O–H groups in total. The number of halogens is 2. The molecule has 0 radical (unpaired) electrons. The Hall–Kier alpha value is -3.04. The van der Waals surface area contributed by atoms with E-state index in [0.29, 0.717) is 6.42 Å². The van der Waals surface area contributed by atoms with E-state index >= 15 is 0 Å². The molecule has 1 aliphatic heterocycles. The Labute approximate surface area is 324 Å². The number of hydrogen-bond donors (Lipinski definition) is 7. The van der Waals surface area contributed by atoms with Crippen LogP contribution in [0.15, 0.2) is 36.4 Å². The first-order valence-corrected chi connectivity index (χ1v) is 20.0. The summed E-state index contributed by atoms with van der Waals surface area (Å²) in [5, 5.41) is 59.4. The maximum absolute atomic E-state index is 13.8. The van der Waals surface area contributed by atoms with Crippen LogP contribution in [0.1, 0.15) is 113 Å². The fraction of sp³-hybridized carbons (Fsp3) is 0.667. The highest BCUT2D eigenvalue weighted by Gasteiger charge is 2.45. The third kappa shape index (κ3) is 16.2. The van der Waals surface area contributed by atoms with Gasteiger partial charge in [0.25, 0.3) is 0 Å². The first-order valence-electron chi connectivity index (χ1n) is 20.0. The Morgan fingerprint density at radius 1 is 0.782 bits per heavy atom. The van der Waals surface area contributed by atoms with Crippen molar-refractivity contribution < 1.29 is 53.4 Å². The molecule has 8 atom stereocenters. The average molecular weight is 779 g/mol. The Balaban J connectivity index is 1.56. The van der Waals surface area contributed by atoms with E-state index in [1.54, 1.807) is 0 Å². The zero-order chi connectivity index (χ0) is 40.3. The molecule has 2 aromatic carbocycles. The van der Waals surface area contributed by atoms with Gasteiger partial charge in [-0.3, -0.25) is 9.59 Å². The summed E-state index contributed by atoms with van der Waals surface area (Å²) in [5.41, 5.74) is 3.00. The fourth-order valence-electron chi connectivity index (χ4n) is 6.87. The first kappa shape index (κ1) is 46.3. The van der Waals surface area contributed by atoms with Gasteiger partial charge in [0, 0.05) is 6.54 Å². The topological polar surface area (TPSA) is 178 Å². The number of aryl methyl sites for hydroxylation is 2. The summed E-state index contributed by atoms with van der Waals surface area (Å²) in [6.45, 7) is 5.34. The molecule has 0 saturated carbocycles. The highest BCUT2D eigenvalue weighted by atomic mass is 19.2. The van der Waals surface area contributed by atoms with Gasteiger partial charge in [-0.2, -0.15) is 0 Å². The lowest BCUT2D eigenvalue weighted by Crippen LogP contribution is -2.61. The lowest BCUT2D eigenvalue weighted by atomic mass is 9.98. The molecule has 2 unspecified atom stereocenters. The highest BCUT2D eigenvalue weighted by molar-refractivity contribution is 5.79. The van der Waals surface area contributed by atoms with E-state index in [9.17, 15) is 43.9 Å². The van der Waals surface area contributed by atoms with Crippen molar-refractivity contribution in [2.45, 2.75) is 166 Å². The molecule has 0 spiro atoms. The van der Waals surface area contributed by atoms with E-state index < -0.39 is 73.1 Å². The van der Waals surface area contributed by atoms with Gasteiger partial charge >= 0.3 is 0 Å². The summed E-state index contributed by atoms with van der Waals surface area (Å²) in [6, 6.07) is 7.51. The predicted octanol–water partition coefficient (Wildman–Crippen LogP) is 4.61. The molecule has 1 heterocycles. The lowest BCUT2D eigenvalue weighted by molar-refractivity contribution is -0.297. The molecule has 3 rings (SSSR count). The van der Waals surface area contributed by atoms with E-state index in [1.807, 2.05) is 32.0 Å². The number of aliphatic hydroxyl groups is 5. The van der Waals surface area contributed by atoms with Gasteiger partial charge in [-0.1, -0.05) is 114 Å².